The van der Waals surface area contributed by atoms with E-state index in [-0.39, 0.29) is 24.5 Å². The normalized spacial score (nSPS) is 9.80. The maximum absolute atomic E-state index is 13.3. The lowest BCUT2D eigenvalue weighted by molar-refractivity contribution is 0.216. The summed E-state index contributed by atoms with van der Waals surface area (Å²) in [5.74, 6) is 0.249. The number of ether oxygens (including phenoxy) is 2. The third-order valence-electron chi connectivity index (χ3n) is 2.55. The van der Waals surface area contributed by atoms with Gasteiger partial charge in [0.25, 0.3) is 0 Å². The van der Waals surface area contributed by atoms with Gasteiger partial charge in [-0.1, -0.05) is 12.1 Å². The highest BCUT2D eigenvalue weighted by Crippen LogP contribution is 2.20. The Morgan fingerprint density at radius 2 is 1.85 bits per heavy atom. The summed E-state index contributed by atoms with van der Waals surface area (Å²) >= 11 is 0. The predicted octanol–water partition coefficient (Wildman–Crippen LogP) is 2.74. The van der Waals surface area contributed by atoms with Crippen molar-refractivity contribution in [2.24, 2.45) is 0 Å². The molecule has 20 heavy (non-hydrogen) atoms. The number of nitrogens with zero attached hydrogens (tertiary/aromatic N) is 1. The fourth-order valence-corrected chi connectivity index (χ4v) is 1.65. The van der Waals surface area contributed by atoms with E-state index in [2.05, 4.69) is 0 Å². The van der Waals surface area contributed by atoms with E-state index >= 15 is 0 Å². The lowest BCUT2D eigenvalue weighted by atomic mass is 10.2. The molecule has 4 nitrogen and oxygen atoms in total. The summed E-state index contributed by atoms with van der Waals surface area (Å²) in [4.78, 5) is 0. The Morgan fingerprint density at radius 1 is 1.10 bits per heavy atom. The highest BCUT2D eigenvalue weighted by atomic mass is 19.1. The molecule has 0 heterocycles. The van der Waals surface area contributed by atoms with Crippen molar-refractivity contribution in [1.82, 2.24) is 0 Å². The first-order chi connectivity index (χ1) is 9.70. The van der Waals surface area contributed by atoms with Crippen LogP contribution >= 0.6 is 0 Å². The molecule has 0 aliphatic rings. The standard InChI is InChI=1S/C15H13FN2O2/c16-14-5-2-6-15(13(14)10-17)20-8-7-19-12-4-1-3-11(18)9-12/h1-6,9H,7-8,18H2. The third-order valence-corrected chi connectivity index (χ3v) is 2.55. The van der Waals surface area contributed by atoms with Crippen LogP contribution in [0.15, 0.2) is 42.5 Å². The van der Waals surface area contributed by atoms with E-state index in [1.165, 1.54) is 12.1 Å². The van der Waals surface area contributed by atoms with Crippen LogP contribution in [-0.4, -0.2) is 13.2 Å². The van der Waals surface area contributed by atoms with Crippen LogP contribution in [0.3, 0.4) is 0 Å². The van der Waals surface area contributed by atoms with Gasteiger partial charge in [0, 0.05) is 11.8 Å². The first-order valence-corrected chi connectivity index (χ1v) is 6.00. The van der Waals surface area contributed by atoms with Crippen LogP contribution in [0.25, 0.3) is 0 Å². The molecule has 0 aromatic heterocycles. The largest absolute Gasteiger partial charge is 0.490 e. The number of hydrogen-bond donors (Lipinski definition) is 1. The Bertz CT molecular complexity index is 638. The van der Waals surface area contributed by atoms with Crippen molar-refractivity contribution in [3.8, 4) is 17.6 Å². The zero-order chi connectivity index (χ0) is 14.4. The van der Waals surface area contributed by atoms with E-state index < -0.39 is 5.82 Å². The van der Waals surface area contributed by atoms with Crippen molar-refractivity contribution in [2.45, 2.75) is 0 Å². The molecule has 0 aliphatic carbocycles. The minimum atomic E-state index is -0.596. The maximum atomic E-state index is 13.3. The van der Waals surface area contributed by atoms with Gasteiger partial charge in [-0.05, 0) is 24.3 Å². The van der Waals surface area contributed by atoms with Gasteiger partial charge in [-0.2, -0.15) is 5.26 Å². The number of anilines is 1. The van der Waals surface area contributed by atoms with E-state index in [0.29, 0.717) is 11.4 Å². The Kier molecular flexibility index (Phi) is 4.40. The molecule has 0 saturated heterocycles. The topological polar surface area (TPSA) is 68.3 Å². The van der Waals surface area contributed by atoms with E-state index in [4.69, 9.17) is 20.5 Å². The van der Waals surface area contributed by atoms with Gasteiger partial charge in [0.05, 0.1) is 0 Å². The number of nitrogen functional groups attached to an aromatic ring is 1. The zero-order valence-electron chi connectivity index (χ0n) is 10.7. The molecule has 2 aromatic rings. The van der Waals surface area contributed by atoms with Gasteiger partial charge in [0.1, 0.15) is 42.2 Å². The summed E-state index contributed by atoms with van der Waals surface area (Å²) in [5.41, 5.74) is 6.13. The van der Waals surface area contributed by atoms with Crippen LogP contribution in [-0.2, 0) is 0 Å². The first-order valence-electron chi connectivity index (χ1n) is 6.00. The van der Waals surface area contributed by atoms with Crippen LogP contribution in [0.5, 0.6) is 11.5 Å². The molecule has 0 spiro atoms. The number of nitrogens with two attached hydrogens (primary N) is 1. The molecule has 0 fully saturated rings. The number of hydrogen-bond acceptors (Lipinski definition) is 4. The summed E-state index contributed by atoms with van der Waals surface area (Å²) in [7, 11) is 0. The SMILES string of the molecule is N#Cc1c(F)cccc1OCCOc1cccc(N)c1. The van der Waals surface area contributed by atoms with Gasteiger partial charge in [0.15, 0.2) is 0 Å². The van der Waals surface area contributed by atoms with Crippen molar-refractivity contribution in [1.29, 1.82) is 5.26 Å². The minimum absolute atomic E-state index is 0.101. The third kappa shape index (κ3) is 3.39. The van der Waals surface area contributed by atoms with E-state index in [1.54, 1.807) is 36.4 Å². The van der Waals surface area contributed by atoms with Crippen molar-refractivity contribution >= 4 is 5.69 Å². The Hall–Kier alpha value is -2.74. The van der Waals surface area contributed by atoms with Gasteiger partial charge in [-0.3, -0.25) is 0 Å². The quantitative estimate of drug-likeness (QED) is 0.671. The van der Waals surface area contributed by atoms with Crippen LogP contribution < -0.4 is 15.2 Å². The second kappa shape index (κ2) is 6.43. The van der Waals surface area contributed by atoms with Gasteiger partial charge < -0.3 is 15.2 Å². The molecule has 0 saturated carbocycles. The molecule has 0 amide bonds. The maximum Gasteiger partial charge on any atom is 0.144 e. The molecule has 0 bridgehead atoms. The Morgan fingerprint density at radius 3 is 2.60 bits per heavy atom. The van der Waals surface area contributed by atoms with Gasteiger partial charge in [-0.15, -0.1) is 0 Å². The van der Waals surface area contributed by atoms with E-state index in [9.17, 15) is 4.39 Å². The summed E-state index contributed by atoms with van der Waals surface area (Å²) < 4.78 is 24.1. The van der Waals surface area contributed by atoms with Crippen molar-refractivity contribution in [3.63, 3.8) is 0 Å². The fourth-order valence-electron chi connectivity index (χ4n) is 1.65. The zero-order valence-corrected chi connectivity index (χ0v) is 10.7. The Balaban J connectivity index is 1.88. The summed E-state index contributed by atoms with van der Waals surface area (Å²) in [5, 5.41) is 8.85. The lowest BCUT2D eigenvalue weighted by Gasteiger charge is -2.10. The molecule has 0 aliphatic heterocycles. The molecule has 5 heteroatoms. The van der Waals surface area contributed by atoms with Crippen LogP contribution in [0, 0.1) is 17.1 Å². The lowest BCUT2D eigenvalue weighted by Crippen LogP contribution is -2.10. The van der Waals surface area contributed by atoms with Gasteiger partial charge >= 0.3 is 0 Å². The number of rotatable bonds is 5. The average molecular weight is 272 g/mol. The molecule has 0 radical (unpaired) electrons. The average Bonchev–Trinajstić information content (AvgIpc) is 2.44. The minimum Gasteiger partial charge on any atom is -0.490 e. The molecular formula is C15H13FN2O2. The molecule has 2 N–H and O–H groups in total. The highest BCUT2D eigenvalue weighted by Gasteiger charge is 2.08. The number of halogens is 1. The van der Waals surface area contributed by atoms with Gasteiger partial charge in [0.2, 0.25) is 0 Å². The first kappa shape index (κ1) is 13.7. The predicted molar refractivity (Wildman–Crippen MR) is 73.0 cm³/mol. The summed E-state index contributed by atoms with van der Waals surface area (Å²) in [6.07, 6.45) is 0. The monoisotopic (exact) mass is 272 g/mol. The van der Waals surface area contributed by atoms with Crippen molar-refractivity contribution < 1.29 is 13.9 Å². The smallest absolute Gasteiger partial charge is 0.144 e. The fraction of sp³-hybridized carbons (Fsp3) is 0.133. The van der Waals surface area contributed by atoms with Crippen LogP contribution in [0.1, 0.15) is 5.56 Å². The van der Waals surface area contributed by atoms with Gasteiger partial charge in [-0.25, -0.2) is 4.39 Å². The van der Waals surface area contributed by atoms with Crippen molar-refractivity contribution in [3.05, 3.63) is 53.8 Å². The molecule has 0 atom stereocenters. The van der Waals surface area contributed by atoms with Crippen LogP contribution in [0.2, 0.25) is 0 Å². The van der Waals surface area contributed by atoms with Crippen molar-refractivity contribution in [2.75, 3.05) is 18.9 Å². The second-order valence-electron chi connectivity index (χ2n) is 3.99. The van der Waals surface area contributed by atoms with E-state index in [0.717, 1.165) is 0 Å². The van der Waals surface area contributed by atoms with E-state index in [1.807, 2.05) is 0 Å². The molecule has 0 unspecified atom stereocenters. The molecule has 102 valence electrons. The molecular weight excluding hydrogens is 259 g/mol. The summed E-state index contributed by atoms with van der Waals surface area (Å²) in [6, 6.07) is 13.0. The Labute approximate surface area is 116 Å². The number of nitriles is 1. The second-order valence-corrected chi connectivity index (χ2v) is 3.99. The summed E-state index contributed by atoms with van der Waals surface area (Å²) in [6.45, 7) is 0.470. The molecule has 2 aromatic carbocycles. The molecule has 2 rings (SSSR count). The highest BCUT2D eigenvalue weighted by molar-refractivity contribution is 5.44. The van der Waals surface area contributed by atoms with Crippen LogP contribution in [0.4, 0.5) is 10.1 Å². The number of benzene rings is 2.